The minimum atomic E-state index is -0.674. The van der Waals surface area contributed by atoms with Crippen LogP contribution >= 0.6 is 11.3 Å². The summed E-state index contributed by atoms with van der Waals surface area (Å²) in [5, 5.41) is 1.96. The van der Waals surface area contributed by atoms with Crippen LogP contribution in [-0.4, -0.2) is 12.6 Å². The Labute approximate surface area is 121 Å². The number of halogens is 2. The van der Waals surface area contributed by atoms with Gasteiger partial charge < -0.3 is 10.5 Å². The maximum Gasteiger partial charge on any atom is 0.190 e. The predicted octanol–water partition coefficient (Wildman–Crippen LogP) is 3.54. The molecule has 2 aromatic rings. The molecule has 0 aliphatic heterocycles. The van der Waals surface area contributed by atoms with Crippen molar-refractivity contribution in [3.8, 4) is 5.75 Å². The lowest BCUT2D eigenvalue weighted by Crippen LogP contribution is -2.18. The van der Waals surface area contributed by atoms with E-state index < -0.39 is 11.6 Å². The number of nitrogens with two attached hydrogens (primary N) is 1. The predicted molar refractivity (Wildman–Crippen MR) is 77.2 cm³/mol. The molecule has 0 saturated heterocycles. The quantitative estimate of drug-likeness (QED) is 0.885. The molecule has 2 nitrogen and oxygen atoms in total. The molecule has 1 atom stereocenters. The highest BCUT2D eigenvalue weighted by molar-refractivity contribution is 7.09. The van der Waals surface area contributed by atoms with Crippen LogP contribution in [0.3, 0.4) is 0 Å². The summed E-state index contributed by atoms with van der Waals surface area (Å²) in [4.78, 5) is 1.12. The standard InChI is InChI=1S/C15H17F2NOS/c1-10(18)7-11-8-13(16)15(14(17)9-11)19-5-4-12-3-2-6-20-12/h2-3,6,8-10H,4-5,7,18H2,1H3. The fourth-order valence-corrected chi connectivity index (χ4v) is 2.64. The molecule has 2 rings (SSSR count). The van der Waals surface area contributed by atoms with Crippen molar-refractivity contribution in [2.45, 2.75) is 25.8 Å². The van der Waals surface area contributed by atoms with Crippen molar-refractivity contribution in [2.75, 3.05) is 6.61 Å². The van der Waals surface area contributed by atoms with Crippen LogP contribution in [0.1, 0.15) is 17.4 Å². The monoisotopic (exact) mass is 297 g/mol. The Morgan fingerprint density at radius 2 is 2.00 bits per heavy atom. The Morgan fingerprint density at radius 3 is 2.55 bits per heavy atom. The minimum absolute atomic E-state index is 0.139. The topological polar surface area (TPSA) is 35.2 Å². The molecule has 108 valence electrons. The van der Waals surface area contributed by atoms with Crippen molar-refractivity contribution < 1.29 is 13.5 Å². The molecule has 1 heterocycles. The first-order chi connectivity index (χ1) is 9.56. The van der Waals surface area contributed by atoms with Gasteiger partial charge in [0.15, 0.2) is 17.4 Å². The summed E-state index contributed by atoms with van der Waals surface area (Å²) in [5.74, 6) is -1.66. The molecule has 1 aromatic carbocycles. The van der Waals surface area contributed by atoms with Crippen molar-refractivity contribution in [3.63, 3.8) is 0 Å². The molecule has 0 aliphatic carbocycles. The van der Waals surface area contributed by atoms with E-state index in [2.05, 4.69) is 0 Å². The summed E-state index contributed by atoms with van der Waals surface area (Å²) in [6.45, 7) is 2.04. The van der Waals surface area contributed by atoms with Crippen molar-refractivity contribution in [3.05, 3.63) is 51.7 Å². The lowest BCUT2D eigenvalue weighted by atomic mass is 10.1. The fourth-order valence-electron chi connectivity index (χ4n) is 1.95. The van der Waals surface area contributed by atoms with Crippen molar-refractivity contribution in [1.29, 1.82) is 0 Å². The third-order valence-corrected chi connectivity index (χ3v) is 3.73. The molecule has 0 radical (unpaired) electrons. The van der Waals surface area contributed by atoms with E-state index in [1.54, 1.807) is 18.3 Å². The van der Waals surface area contributed by atoms with Crippen LogP contribution in [0.25, 0.3) is 0 Å². The Balaban J connectivity index is 2.00. The van der Waals surface area contributed by atoms with Crippen LogP contribution < -0.4 is 10.5 Å². The lowest BCUT2D eigenvalue weighted by Gasteiger charge is -2.11. The van der Waals surface area contributed by atoms with E-state index >= 15 is 0 Å². The van der Waals surface area contributed by atoms with Gasteiger partial charge in [-0.2, -0.15) is 0 Å². The van der Waals surface area contributed by atoms with E-state index in [1.807, 2.05) is 17.5 Å². The van der Waals surface area contributed by atoms with Gasteiger partial charge in [-0.05, 0) is 42.5 Å². The molecule has 5 heteroatoms. The summed E-state index contributed by atoms with van der Waals surface area (Å²) >= 11 is 1.59. The molecular weight excluding hydrogens is 280 g/mol. The molecule has 0 saturated carbocycles. The smallest absolute Gasteiger partial charge is 0.190 e. The van der Waals surface area contributed by atoms with Crippen LogP contribution in [0.5, 0.6) is 5.75 Å². The Bertz CT molecular complexity index is 532. The largest absolute Gasteiger partial charge is 0.487 e. The number of rotatable bonds is 6. The SMILES string of the molecule is CC(N)Cc1cc(F)c(OCCc2cccs2)c(F)c1. The van der Waals surface area contributed by atoms with E-state index in [-0.39, 0.29) is 18.4 Å². The molecule has 0 spiro atoms. The first-order valence-electron chi connectivity index (χ1n) is 6.45. The van der Waals surface area contributed by atoms with Crippen molar-refractivity contribution >= 4 is 11.3 Å². The molecule has 1 unspecified atom stereocenters. The summed E-state index contributed by atoms with van der Waals surface area (Å²) < 4.78 is 32.9. The zero-order valence-electron chi connectivity index (χ0n) is 11.2. The van der Waals surface area contributed by atoms with E-state index in [0.717, 1.165) is 4.88 Å². The maximum atomic E-state index is 13.8. The number of hydrogen-bond acceptors (Lipinski definition) is 3. The first-order valence-corrected chi connectivity index (χ1v) is 7.33. The molecule has 2 N–H and O–H groups in total. The summed E-state index contributed by atoms with van der Waals surface area (Å²) in [7, 11) is 0. The van der Waals surface area contributed by atoms with Crippen LogP contribution in [0.4, 0.5) is 8.78 Å². The Morgan fingerprint density at radius 1 is 1.30 bits per heavy atom. The number of benzene rings is 1. The first kappa shape index (κ1) is 14.9. The average Bonchev–Trinajstić information content (AvgIpc) is 2.84. The second-order valence-corrected chi connectivity index (χ2v) is 5.78. The van der Waals surface area contributed by atoms with E-state index in [4.69, 9.17) is 10.5 Å². The zero-order chi connectivity index (χ0) is 14.5. The van der Waals surface area contributed by atoms with Crippen LogP contribution in [0, 0.1) is 11.6 Å². The van der Waals surface area contributed by atoms with E-state index in [9.17, 15) is 8.78 Å². The van der Waals surface area contributed by atoms with Gasteiger partial charge in [0, 0.05) is 17.3 Å². The summed E-state index contributed by atoms with van der Waals surface area (Å²) in [6, 6.07) is 6.33. The lowest BCUT2D eigenvalue weighted by molar-refractivity contribution is 0.289. The third kappa shape index (κ3) is 4.02. The van der Waals surface area contributed by atoms with Gasteiger partial charge in [0.1, 0.15) is 0 Å². The summed E-state index contributed by atoms with van der Waals surface area (Å²) in [6.07, 6.45) is 1.07. The zero-order valence-corrected chi connectivity index (χ0v) is 12.1. The molecule has 1 aromatic heterocycles. The van der Waals surface area contributed by atoms with Gasteiger partial charge in [-0.3, -0.25) is 0 Å². The normalized spacial score (nSPS) is 12.4. The summed E-state index contributed by atoms with van der Waals surface area (Å²) in [5.41, 5.74) is 6.16. The fraction of sp³-hybridized carbons (Fsp3) is 0.333. The maximum absolute atomic E-state index is 13.8. The number of thiophene rings is 1. The van der Waals surface area contributed by atoms with Crippen LogP contribution in [0.2, 0.25) is 0 Å². The molecule has 0 fully saturated rings. The van der Waals surface area contributed by atoms with Gasteiger partial charge >= 0.3 is 0 Å². The van der Waals surface area contributed by atoms with Gasteiger partial charge in [-0.1, -0.05) is 6.07 Å². The van der Waals surface area contributed by atoms with E-state index in [1.165, 1.54) is 12.1 Å². The van der Waals surface area contributed by atoms with Gasteiger partial charge in [0.25, 0.3) is 0 Å². The van der Waals surface area contributed by atoms with Crippen molar-refractivity contribution in [1.82, 2.24) is 0 Å². The van der Waals surface area contributed by atoms with Crippen LogP contribution in [0.15, 0.2) is 29.6 Å². The molecule has 0 amide bonds. The second-order valence-electron chi connectivity index (χ2n) is 4.75. The molecule has 0 aliphatic rings. The molecule has 20 heavy (non-hydrogen) atoms. The van der Waals surface area contributed by atoms with Gasteiger partial charge in [0.05, 0.1) is 6.61 Å². The minimum Gasteiger partial charge on any atom is -0.487 e. The van der Waals surface area contributed by atoms with Gasteiger partial charge in [-0.25, -0.2) is 8.78 Å². The number of hydrogen-bond donors (Lipinski definition) is 1. The van der Waals surface area contributed by atoms with Crippen LogP contribution in [-0.2, 0) is 12.8 Å². The number of ether oxygens (including phenoxy) is 1. The highest BCUT2D eigenvalue weighted by Gasteiger charge is 2.13. The Hall–Kier alpha value is -1.46. The Kier molecular flexibility index (Phi) is 5.09. The molecule has 0 bridgehead atoms. The molecular formula is C15H17F2NOS. The van der Waals surface area contributed by atoms with Gasteiger partial charge in [-0.15, -0.1) is 11.3 Å². The second kappa shape index (κ2) is 6.81. The third-order valence-electron chi connectivity index (χ3n) is 2.79. The highest BCUT2D eigenvalue weighted by Crippen LogP contribution is 2.24. The average molecular weight is 297 g/mol. The van der Waals surface area contributed by atoms with E-state index in [0.29, 0.717) is 18.4 Å². The highest BCUT2D eigenvalue weighted by atomic mass is 32.1. The van der Waals surface area contributed by atoms with Gasteiger partial charge in [0.2, 0.25) is 0 Å². The van der Waals surface area contributed by atoms with Crippen molar-refractivity contribution in [2.24, 2.45) is 5.73 Å².